The molecule has 25 heavy (non-hydrogen) atoms. The lowest BCUT2D eigenvalue weighted by Gasteiger charge is -2.43. The third-order valence-electron chi connectivity index (χ3n) is 4.75. The minimum Gasteiger partial charge on any atom is -0.346 e. The van der Waals surface area contributed by atoms with Gasteiger partial charge in [0.2, 0.25) is 0 Å². The zero-order valence-electron chi connectivity index (χ0n) is 13.6. The van der Waals surface area contributed by atoms with Crippen molar-refractivity contribution in [2.24, 2.45) is 0 Å². The van der Waals surface area contributed by atoms with E-state index in [9.17, 15) is 14.4 Å². The second-order valence-electron chi connectivity index (χ2n) is 6.27. The Balaban J connectivity index is 1.49. The molecule has 2 aliphatic rings. The van der Waals surface area contributed by atoms with Gasteiger partial charge in [-0.1, -0.05) is 36.4 Å². The molecule has 1 atom stereocenters. The van der Waals surface area contributed by atoms with Gasteiger partial charge in [-0.05, 0) is 11.5 Å². The first kappa shape index (κ1) is 15.4. The van der Waals surface area contributed by atoms with Gasteiger partial charge in [0.25, 0.3) is 0 Å². The van der Waals surface area contributed by atoms with Crippen molar-refractivity contribution in [3.8, 4) is 0 Å². The number of hydrogen-bond acceptors (Lipinski definition) is 3. The lowest BCUT2D eigenvalue weighted by Crippen LogP contribution is -2.66. The van der Waals surface area contributed by atoms with Gasteiger partial charge in [0, 0.05) is 31.6 Å². The molecule has 1 unspecified atom stereocenters. The van der Waals surface area contributed by atoms with Crippen LogP contribution >= 0.6 is 0 Å². The number of piperazine rings is 2. The number of carbonyl (C=O) groups is 3. The molecule has 0 saturated carbocycles. The maximum atomic E-state index is 12.7. The Morgan fingerprint density at radius 3 is 2.76 bits per heavy atom. The molecular weight excluding hydrogens is 320 g/mol. The van der Waals surface area contributed by atoms with Crippen LogP contribution in [0.1, 0.15) is 0 Å². The molecule has 0 radical (unpaired) electrons. The Hall–Kier alpha value is -3.09. The van der Waals surface area contributed by atoms with Crippen LogP contribution in [0.3, 0.4) is 0 Å². The van der Waals surface area contributed by atoms with Gasteiger partial charge in [0.1, 0.15) is 0 Å². The minimum absolute atomic E-state index is 0.169. The summed E-state index contributed by atoms with van der Waals surface area (Å²) in [4.78, 5) is 39.2. The molecule has 4 amide bonds. The average molecular weight is 338 g/mol. The van der Waals surface area contributed by atoms with Crippen molar-refractivity contribution in [1.29, 1.82) is 0 Å². The summed E-state index contributed by atoms with van der Waals surface area (Å²) in [6, 6.07) is 13.3. The molecule has 7 nitrogen and oxygen atoms in total. The van der Waals surface area contributed by atoms with E-state index in [1.165, 1.54) is 0 Å². The van der Waals surface area contributed by atoms with Crippen molar-refractivity contribution in [3.05, 3.63) is 42.5 Å². The first-order valence-electron chi connectivity index (χ1n) is 8.26. The highest BCUT2D eigenvalue weighted by Crippen LogP contribution is 2.23. The third kappa shape index (κ3) is 2.77. The summed E-state index contributed by atoms with van der Waals surface area (Å²) in [6.45, 7) is 1.57. The number of anilines is 1. The maximum absolute atomic E-state index is 12.7. The first-order chi connectivity index (χ1) is 12.1. The molecule has 2 aromatic carbocycles. The van der Waals surface area contributed by atoms with E-state index >= 15 is 0 Å². The van der Waals surface area contributed by atoms with E-state index in [0.29, 0.717) is 26.2 Å². The molecular formula is C18H18N4O3. The quantitative estimate of drug-likeness (QED) is 0.762. The van der Waals surface area contributed by atoms with Crippen LogP contribution in [-0.4, -0.2) is 59.9 Å². The predicted octanol–water partition coefficient (Wildman–Crippen LogP) is 1.01. The van der Waals surface area contributed by atoms with Crippen LogP contribution in [0.25, 0.3) is 10.8 Å². The average Bonchev–Trinajstić information content (AvgIpc) is 2.65. The Morgan fingerprint density at radius 1 is 1.08 bits per heavy atom. The molecule has 2 N–H and O–H groups in total. The van der Waals surface area contributed by atoms with Gasteiger partial charge < -0.3 is 20.4 Å². The molecule has 2 aromatic rings. The van der Waals surface area contributed by atoms with Crippen molar-refractivity contribution in [2.75, 3.05) is 31.5 Å². The lowest BCUT2D eigenvalue weighted by atomic mass is 10.1. The SMILES string of the molecule is O=C1NCC2CN(C(=O)Nc3cccc4ccccc34)CCN2C1=O. The number of carbonyl (C=O) groups excluding carboxylic acids is 3. The van der Waals surface area contributed by atoms with Crippen LogP contribution in [0.4, 0.5) is 10.5 Å². The van der Waals surface area contributed by atoms with Gasteiger partial charge in [-0.3, -0.25) is 9.59 Å². The van der Waals surface area contributed by atoms with E-state index < -0.39 is 11.8 Å². The molecule has 4 rings (SSSR count). The maximum Gasteiger partial charge on any atom is 0.321 e. The molecule has 0 aliphatic carbocycles. The van der Waals surface area contributed by atoms with Gasteiger partial charge in [-0.15, -0.1) is 0 Å². The Labute approximate surface area is 144 Å². The normalized spacial score (nSPS) is 20.2. The zero-order chi connectivity index (χ0) is 17.4. The molecule has 2 heterocycles. The zero-order valence-corrected chi connectivity index (χ0v) is 13.6. The van der Waals surface area contributed by atoms with E-state index in [-0.39, 0.29) is 12.1 Å². The third-order valence-corrected chi connectivity index (χ3v) is 4.75. The molecule has 0 spiro atoms. The molecule has 2 fully saturated rings. The number of nitrogens with zero attached hydrogens (tertiary/aromatic N) is 2. The van der Waals surface area contributed by atoms with Crippen LogP contribution in [0.5, 0.6) is 0 Å². The molecule has 2 aliphatic heterocycles. The predicted molar refractivity (Wildman–Crippen MR) is 93.1 cm³/mol. The summed E-state index contributed by atoms with van der Waals surface area (Å²) in [5.41, 5.74) is 0.763. The van der Waals surface area contributed by atoms with Crippen LogP contribution in [0, 0.1) is 0 Å². The first-order valence-corrected chi connectivity index (χ1v) is 8.26. The molecule has 7 heteroatoms. The van der Waals surface area contributed by atoms with Crippen LogP contribution in [0.15, 0.2) is 42.5 Å². The summed E-state index contributed by atoms with van der Waals surface area (Å²) in [5, 5.41) is 7.59. The van der Waals surface area contributed by atoms with E-state index in [0.717, 1.165) is 16.5 Å². The standard InChI is InChI=1S/C18H18N4O3/c23-16-17(24)22-9-8-21(11-13(22)10-19-16)18(25)20-15-7-3-5-12-4-1-2-6-14(12)15/h1-7,13H,8-11H2,(H,19,23)(H,20,25). The second kappa shape index (κ2) is 6.08. The van der Waals surface area contributed by atoms with Crippen molar-refractivity contribution in [3.63, 3.8) is 0 Å². The molecule has 128 valence electrons. The fourth-order valence-corrected chi connectivity index (χ4v) is 3.43. The minimum atomic E-state index is -0.565. The van der Waals surface area contributed by atoms with Crippen molar-refractivity contribution < 1.29 is 14.4 Å². The number of hydrogen-bond donors (Lipinski definition) is 2. The van der Waals surface area contributed by atoms with Crippen LogP contribution in [-0.2, 0) is 9.59 Å². The highest BCUT2D eigenvalue weighted by molar-refractivity contribution is 6.35. The monoisotopic (exact) mass is 338 g/mol. The number of rotatable bonds is 1. The lowest BCUT2D eigenvalue weighted by molar-refractivity contribution is -0.152. The van der Waals surface area contributed by atoms with E-state index in [2.05, 4.69) is 10.6 Å². The molecule has 2 saturated heterocycles. The van der Waals surface area contributed by atoms with Gasteiger partial charge in [0.05, 0.1) is 11.7 Å². The number of amides is 4. The Bertz CT molecular complexity index is 861. The fraction of sp³-hybridized carbons (Fsp3) is 0.278. The van der Waals surface area contributed by atoms with E-state index in [1.807, 2.05) is 42.5 Å². The summed E-state index contributed by atoms with van der Waals surface area (Å²) in [5.74, 6) is -1.07. The van der Waals surface area contributed by atoms with Gasteiger partial charge in [-0.2, -0.15) is 0 Å². The summed E-state index contributed by atoms with van der Waals surface area (Å²) in [7, 11) is 0. The highest BCUT2D eigenvalue weighted by atomic mass is 16.2. The number of fused-ring (bicyclic) bond motifs is 2. The second-order valence-corrected chi connectivity index (χ2v) is 6.27. The van der Waals surface area contributed by atoms with Crippen molar-refractivity contribution in [1.82, 2.24) is 15.1 Å². The Kier molecular flexibility index (Phi) is 3.76. The van der Waals surface area contributed by atoms with Gasteiger partial charge in [0.15, 0.2) is 0 Å². The molecule has 0 aromatic heterocycles. The van der Waals surface area contributed by atoms with Crippen LogP contribution < -0.4 is 10.6 Å². The summed E-state index contributed by atoms with van der Waals surface area (Å²) in [6.07, 6.45) is 0. The van der Waals surface area contributed by atoms with Crippen molar-refractivity contribution >= 4 is 34.3 Å². The van der Waals surface area contributed by atoms with Gasteiger partial charge >= 0.3 is 17.8 Å². The largest absolute Gasteiger partial charge is 0.346 e. The summed E-state index contributed by atoms with van der Waals surface area (Å²) < 4.78 is 0. The topological polar surface area (TPSA) is 81.8 Å². The highest BCUT2D eigenvalue weighted by Gasteiger charge is 2.38. The number of urea groups is 1. The van der Waals surface area contributed by atoms with Crippen molar-refractivity contribution in [2.45, 2.75) is 6.04 Å². The number of nitrogens with one attached hydrogen (secondary N) is 2. The van der Waals surface area contributed by atoms with Gasteiger partial charge in [-0.25, -0.2) is 4.79 Å². The number of benzene rings is 2. The molecule has 0 bridgehead atoms. The smallest absolute Gasteiger partial charge is 0.321 e. The van der Waals surface area contributed by atoms with E-state index in [4.69, 9.17) is 0 Å². The Morgan fingerprint density at radius 2 is 1.88 bits per heavy atom. The summed E-state index contributed by atoms with van der Waals surface area (Å²) >= 11 is 0. The van der Waals surface area contributed by atoms with Crippen LogP contribution in [0.2, 0.25) is 0 Å². The fourth-order valence-electron chi connectivity index (χ4n) is 3.43. The van der Waals surface area contributed by atoms with E-state index in [1.54, 1.807) is 9.80 Å².